The van der Waals surface area contributed by atoms with Gasteiger partial charge in [-0.25, -0.2) is 0 Å². The molecule has 0 spiro atoms. The van der Waals surface area contributed by atoms with Crippen molar-refractivity contribution in [3.8, 4) is 28.2 Å². The van der Waals surface area contributed by atoms with E-state index < -0.39 is 0 Å². The highest BCUT2D eigenvalue weighted by Crippen LogP contribution is 2.41. The van der Waals surface area contributed by atoms with Crippen LogP contribution in [0.25, 0.3) is 115 Å². The summed E-state index contributed by atoms with van der Waals surface area (Å²) in [6, 6.07) is 78.2. The van der Waals surface area contributed by atoms with Gasteiger partial charge in [-0.1, -0.05) is 127 Å². The van der Waals surface area contributed by atoms with Crippen LogP contribution in [-0.4, -0.2) is 13.7 Å². The first-order chi connectivity index (χ1) is 29.2. The SMILES string of the molecule is c1ccc2cc(-n3c4ccccc4c4cc(-c5ccc6c(c5)c5cc(-n7c8ccccc8c8ccccc87)ccc5n6-c5ccc6ccccc6c5)ccc43)ccc2c1. The van der Waals surface area contributed by atoms with Crippen molar-refractivity contribution in [2.75, 3.05) is 0 Å². The topological polar surface area (TPSA) is 14.8 Å². The predicted octanol–water partition coefficient (Wildman–Crippen LogP) is 15.0. The molecule has 0 saturated heterocycles. The van der Waals surface area contributed by atoms with Gasteiger partial charge in [-0.15, -0.1) is 0 Å². The number of fused-ring (bicyclic) bond motifs is 11. The predicted molar refractivity (Wildman–Crippen MR) is 250 cm³/mol. The number of hydrogen-bond donors (Lipinski definition) is 0. The average Bonchev–Trinajstić information content (AvgIpc) is 3.93. The maximum Gasteiger partial charge on any atom is 0.0542 e. The van der Waals surface area contributed by atoms with Crippen molar-refractivity contribution in [3.05, 3.63) is 212 Å². The zero-order valence-corrected chi connectivity index (χ0v) is 32.0. The Hall–Kier alpha value is -7.88. The summed E-state index contributed by atoms with van der Waals surface area (Å²) in [5.41, 5.74) is 13.1. The van der Waals surface area contributed by atoms with E-state index in [0.717, 1.165) is 11.4 Å². The van der Waals surface area contributed by atoms with Crippen molar-refractivity contribution in [1.29, 1.82) is 0 Å². The zero-order valence-electron chi connectivity index (χ0n) is 32.0. The third kappa shape index (κ3) is 4.76. The largest absolute Gasteiger partial charge is 0.309 e. The molecule has 0 saturated carbocycles. The van der Waals surface area contributed by atoms with Gasteiger partial charge in [0.05, 0.1) is 33.1 Å². The van der Waals surface area contributed by atoms with Gasteiger partial charge in [-0.05, 0) is 118 Å². The van der Waals surface area contributed by atoms with E-state index in [-0.39, 0.29) is 0 Å². The van der Waals surface area contributed by atoms with Crippen LogP contribution in [0.5, 0.6) is 0 Å². The van der Waals surface area contributed by atoms with Crippen molar-refractivity contribution >= 4 is 87.0 Å². The Morgan fingerprint density at radius 3 is 1.02 bits per heavy atom. The lowest BCUT2D eigenvalue weighted by atomic mass is 10.0. The molecule has 0 aliphatic heterocycles. The molecule has 274 valence electrons. The first-order valence-corrected chi connectivity index (χ1v) is 20.3. The molecule has 3 heterocycles. The minimum atomic E-state index is 1.15. The summed E-state index contributed by atoms with van der Waals surface area (Å²) in [7, 11) is 0. The summed E-state index contributed by atoms with van der Waals surface area (Å²) in [5, 5.41) is 12.4. The second-order valence-electron chi connectivity index (χ2n) is 15.8. The molecule has 0 bridgehead atoms. The van der Waals surface area contributed by atoms with Crippen LogP contribution in [-0.2, 0) is 0 Å². The third-order valence-corrected chi connectivity index (χ3v) is 12.6. The van der Waals surface area contributed by atoms with Crippen LogP contribution in [0.3, 0.4) is 0 Å². The minimum absolute atomic E-state index is 1.15. The third-order valence-electron chi connectivity index (χ3n) is 12.6. The maximum absolute atomic E-state index is 2.44. The van der Waals surface area contributed by atoms with Crippen LogP contribution in [0.15, 0.2) is 212 Å². The van der Waals surface area contributed by atoms with Crippen molar-refractivity contribution < 1.29 is 0 Å². The lowest BCUT2D eigenvalue weighted by molar-refractivity contribution is 1.17. The molecule has 59 heavy (non-hydrogen) atoms. The fourth-order valence-corrected chi connectivity index (χ4v) is 9.87. The number of nitrogens with zero attached hydrogens (tertiary/aromatic N) is 3. The number of benzene rings is 10. The first-order valence-electron chi connectivity index (χ1n) is 20.3. The lowest BCUT2D eigenvalue weighted by Crippen LogP contribution is -1.96. The maximum atomic E-state index is 2.44. The Kier molecular flexibility index (Phi) is 6.72. The standard InChI is InChI=1S/C56H35N3/c1-3-13-38-31-42(25-21-36(38)11-1)57-53-20-10-7-17-47(53)48-33-40(23-28-54(48)57)41-24-29-55-49(34-41)50-35-44(59-51-18-8-5-15-45(51)46-16-6-9-19-52(46)59)27-30-56(50)58(55)43-26-22-37-12-2-4-14-39(37)32-43/h1-35H. The van der Waals surface area contributed by atoms with E-state index in [1.807, 2.05) is 0 Å². The van der Waals surface area contributed by atoms with Gasteiger partial charge in [0.15, 0.2) is 0 Å². The molecule has 0 radical (unpaired) electrons. The molecule has 0 aliphatic rings. The van der Waals surface area contributed by atoms with Crippen LogP contribution in [0.1, 0.15) is 0 Å². The average molecular weight is 750 g/mol. The Morgan fingerprint density at radius 2 is 0.525 bits per heavy atom. The van der Waals surface area contributed by atoms with Crippen LogP contribution >= 0.6 is 0 Å². The highest BCUT2D eigenvalue weighted by Gasteiger charge is 2.19. The van der Waals surface area contributed by atoms with Gasteiger partial charge in [0, 0.05) is 49.4 Å². The Labute approximate surface area is 339 Å². The molecule has 0 N–H and O–H groups in total. The van der Waals surface area contributed by atoms with Crippen molar-refractivity contribution in [2.24, 2.45) is 0 Å². The van der Waals surface area contributed by atoms with E-state index in [0.29, 0.717) is 0 Å². The molecule has 0 atom stereocenters. The molecule has 0 fully saturated rings. The molecule has 0 aliphatic carbocycles. The summed E-state index contributed by atoms with van der Waals surface area (Å²) >= 11 is 0. The fourth-order valence-electron chi connectivity index (χ4n) is 9.87. The first kappa shape index (κ1) is 32.2. The van der Waals surface area contributed by atoms with Crippen LogP contribution in [0.4, 0.5) is 0 Å². The molecule has 10 aromatic carbocycles. The molecule has 0 unspecified atom stereocenters. The van der Waals surface area contributed by atoms with E-state index in [2.05, 4.69) is 226 Å². The van der Waals surface area contributed by atoms with Gasteiger partial charge < -0.3 is 13.7 Å². The Morgan fingerprint density at radius 1 is 0.203 bits per heavy atom. The van der Waals surface area contributed by atoms with Gasteiger partial charge in [-0.3, -0.25) is 0 Å². The lowest BCUT2D eigenvalue weighted by Gasteiger charge is -2.11. The zero-order chi connectivity index (χ0) is 38.6. The summed E-state index contributed by atoms with van der Waals surface area (Å²) in [6.07, 6.45) is 0. The highest BCUT2D eigenvalue weighted by atomic mass is 15.0. The summed E-state index contributed by atoms with van der Waals surface area (Å²) in [5.74, 6) is 0. The van der Waals surface area contributed by atoms with Gasteiger partial charge in [0.2, 0.25) is 0 Å². The van der Waals surface area contributed by atoms with E-state index in [1.54, 1.807) is 0 Å². The van der Waals surface area contributed by atoms with E-state index in [4.69, 9.17) is 0 Å². The molecule has 3 heteroatoms. The summed E-state index contributed by atoms with van der Waals surface area (Å²) < 4.78 is 7.28. The normalized spacial score (nSPS) is 12.1. The van der Waals surface area contributed by atoms with Gasteiger partial charge in [0.25, 0.3) is 0 Å². The van der Waals surface area contributed by atoms with E-state index in [1.165, 1.54) is 104 Å². The summed E-state index contributed by atoms with van der Waals surface area (Å²) in [4.78, 5) is 0. The molecular formula is C56H35N3. The molecule has 13 rings (SSSR count). The Bertz CT molecular complexity index is 3800. The molecule has 13 aromatic rings. The van der Waals surface area contributed by atoms with Crippen molar-refractivity contribution in [1.82, 2.24) is 13.7 Å². The monoisotopic (exact) mass is 749 g/mol. The van der Waals surface area contributed by atoms with Crippen LogP contribution in [0.2, 0.25) is 0 Å². The number of aromatic nitrogens is 3. The van der Waals surface area contributed by atoms with Gasteiger partial charge in [0.1, 0.15) is 0 Å². The van der Waals surface area contributed by atoms with Gasteiger partial charge in [-0.2, -0.15) is 0 Å². The van der Waals surface area contributed by atoms with Crippen LogP contribution < -0.4 is 0 Å². The van der Waals surface area contributed by atoms with Crippen LogP contribution in [0, 0.1) is 0 Å². The smallest absolute Gasteiger partial charge is 0.0542 e. The molecule has 3 nitrogen and oxygen atoms in total. The molecule has 3 aromatic heterocycles. The van der Waals surface area contributed by atoms with Crippen molar-refractivity contribution in [3.63, 3.8) is 0 Å². The van der Waals surface area contributed by atoms with Gasteiger partial charge >= 0.3 is 0 Å². The molecular weight excluding hydrogens is 715 g/mol. The van der Waals surface area contributed by atoms with E-state index in [9.17, 15) is 0 Å². The number of para-hydroxylation sites is 3. The quantitative estimate of drug-likeness (QED) is 0.170. The van der Waals surface area contributed by atoms with E-state index >= 15 is 0 Å². The highest BCUT2D eigenvalue weighted by molar-refractivity contribution is 6.14. The van der Waals surface area contributed by atoms with Crippen molar-refractivity contribution in [2.45, 2.75) is 0 Å². The second kappa shape index (κ2) is 12.3. The minimum Gasteiger partial charge on any atom is -0.309 e. The summed E-state index contributed by atoms with van der Waals surface area (Å²) in [6.45, 7) is 0. The fraction of sp³-hybridized carbons (Fsp3) is 0. The molecule has 0 amide bonds. The number of rotatable bonds is 4. The number of hydrogen-bond acceptors (Lipinski definition) is 0. The Balaban J connectivity index is 1.04. The second-order valence-corrected chi connectivity index (χ2v) is 15.8.